The van der Waals surface area contributed by atoms with Gasteiger partial charge in [-0.2, -0.15) is 0 Å². The number of rotatable bonds is 7. The third-order valence-electron chi connectivity index (χ3n) is 4.86. The van der Waals surface area contributed by atoms with E-state index in [1.165, 1.54) is 0 Å². The zero-order valence-corrected chi connectivity index (χ0v) is 17.9. The van der Waals surface area contributed by atoms with Gasteiger partial charge in [0.15, 0.2) is 0 Å². The summed E-state index contributed by atoms with van der Waals surface area (Å²) in [6, 6.07) is 20.4. The summed E-state index contributed by atoms with van der Waals surface area (Å²) < 4.78 is 5.26. The second kappa shape index (κ2) is 10.6. The molecule has 0 aliphatic rings. The minimum atomic E-state index is -0.502. The van der Waals surface area contributed by atoms with Crippen LogP contribution in [0.2, 0.25) is 0 Å². The van der Waals surface area contributed by atoms with Crippen LogP contribution in [0.3, 0.4) is 0 Å². The van der Waals surface area contributed by atoms with E-state index in [2.05, 4.69) is 10.6 Å². The lowest BCUT2D eigenvalue weighted by Gasteiger charge is -2.23. The van der Waals surface area contributed by atoms with Gasteiger partial charge in [0.2, 0.25) is 11.8 Å². The average Bonchev–Trinajstić information content (AvgIpc) is 2.73. The predicted octanol–water partition coefficient (Wildman–Crippen LogP) is 0.750. The number of carbonyl (C=O) groups excluding carboxylic acids is 2. The molecule has 3 aromatic rings. The molecule has 158 valence electrons. The molecule has 0 fully saturated rings. The maximum absolute atomic E-state index is 12.6. The molecule has 0 saturated heterocycles. The van der Waals surface area contributed by atoms with Crippen LogP contribution in [0.25, 0.3) is 10.8 Å². The van der Waals surface area contributed by atoms with Crippen molar-refractivity contribution in [3.05, 3.63) is 66.7 Å². The van der Waals surface area contributed by atoms with Gasteiger partial charge in [-0.3, -0.25) is 14.5 Å². The molecule has 2 N–H and O–H groups in total. The van der Waals surface area contributed by atoms with E-state index in [9.17, 15) is 9.59 Å². The Morgan fingerprint density at radius 2 is 1.57 bits per heavy atom. The number of anilines is 2. The van der Waals surface area contributed by atoms with Crippen molar-refractivity contribution in [3.8, 4) is 5.75 Å². The van der Waals surface area contributed by atoms with Crippen LogP contribution in [-0.2, 0) is 9.59 Å². The van der Waals surface area contributed by atoms with Gasteiger partial charge in [-0.25, -0.2) is 0 Å². The Balaban J connectivity index is 0.00000320. The quantitative estimate of drug-likeness (QED) is 0.585. The highest BCUT2D eigenvalue weighted by molar-refractivity contribution is 6.03. The van der Waals surface area contributed by atoms with E-state index < -0.39 is 6.04 Å². The highest BCUT2D eigenvalue weighted by Gasteiger charge is 2.21. The fourth-order valence-electron chi connectivity index (χ4n) is 3.07. The van der Waals surface area contributed by atoms with Crippen molar-refractivity contribution < 1.29 is 26.7 Å². The fourth-order valence-corrected chi connectivity index (χ4v) is 3.07. The summed E-state index contributed by atoms with van der Waals surface area (Å²) in [5, 5.41) is 7.84. The molecule has 0 heterocycles. The molecule has 1 unspecified atom stereocenters. The summed E-state index contributed by atoms with van der Waals surface area (Å²) in [6.07, 6.45) is 0. The van der Waals surface area contributed by atoms with Crippen LogP contribution >= 0.6 is 0 Å². The maximum atomic E-state index is 12.6. The molecule has 0 saturated carbocycles. The average molecular weight is 427 g/mol. The molecule has 0 aliphatic carbocycles. The van der Waals surface area contributed by atoms with Gasteiger partial charge in [-0.15, -0.1) is 0 Å². The second-order valence-electron chi connectivity index (χ2n) is 6.86. The molecule has 6 nitrogen and oxygen atoms in total. The molecule has 0 aliphatic heterocycles. The third-order valence-corrected chi connectivity index (χ3v) is 4.86. The van der Waals surface area contributed by atoms with Gasteiger partial charge in [0.05, 0.1) is 25.4 Å². The third kappa shape index (κ3) is 5.49. The van der Waals surface area contributed by atoms with Crippen molar-refractivity contribution in [2.45, 2.75) is 13.0 Å². The van der Waals surface area contributed by atoms with E-state index in [1.54, 1.807) is 38.1 Å². The van der Waals surface area contributed by atoms with E-state index in [0.717, 1.165) is 16.5 Å². The summed E-state index contributed by atoms with van der Waals surface area (Å²) >= 11 is 0. The number of methoxy groups -OCH3 is 1. The number of hydrogen-bond acceptors (Lipinski definition) is 4. The highest BCUT2D eigenvalue weighted by atomic mass is 35.5. The molecule has 0 aromatic heterocycles. The lowest BCUT2D eigenvalue weighted by Crippen LogP contribution is -3.00. The monoisotopic (exact) mass is 426 g/mol. The summed E-state index contributed by atoms with van der Waals surface area (Å²) in [4.78, 5) is 26.8. The first-order valence-corrected chi connectivity index (χ1v) is 9.41. The topological polar surface area (TPSA) is 70.7 Å². The summed E-state index contributed by atoms with van der Waals surface area (Å²) in [5.41, 5.74) is 1.35. The standard InChI is InChI=1S/C23H25N3O3.ClH/c1-16(23(28)25-20-12-6-7-14-21(20)29-3)26(2)15-22(27)24-19-13-8-10-17-9-4-5-11-18(17)19;/h4-14,16H,15H2,1-3H3,(H,24,27)(H,25,28);1H/p-1. The lowest BCUT2D eigenvalue weighted by atomic mass is 10.1. The van der Waals surface area contributed by atoms with Gasteiger partial charge in [0.1, 0.15) is 5.75 Å². The molecule has 3 rings (SSSR count). The molecule has 0 bridgehead atoms. The molecule has 7 heteroatoms. The van der Waals surface area contributed by atoms with Crippen LogP contribution in [0.1, 0.15) is 6.92 Å². The Labute approximate surface area is 182 Å². The number of carbonyl (C=O) groups is 2. The van der Waals surface area contributed by atoms with Crippen molar-refractivity contribution in [2.24, 2.45) is 0 Å². The van der Waals surface area contributed by atoms with Crippen LogP contribution in [0.5, 0.6) is 5.75 Å². The molecule has 30 heavy (non-hydrogen) atoms. The number of halogens is 1. The van der Waals surface area contributed by atoms with E-state index in [1.807, 2.05) is 54.6 Å². The highest BCUT2D eigenvalue weighted by Crippen LogP contribution is 2.24. The number of benzene rings is 3. The number of hydrogen-bond donors (Lipinski definition) is 2. The molecular weight excluding hydrogens is 402 g/mol. The van der Waals surface area contributed by atoms with Crippen molar-refractivity contribution >= 4 is 34.0 Å². The van der Waals surface area contributed by atoms with Gasteiger partial charge in [0.25, 0.3) is 0 Å². The SMILES string of the molecule is COc1ccccc1NC(=O)C(C)N(C)CC(=O)Nc1cccc2ccccc12.[Cl-]. The van der Waals surface area contributed by atoms with Crippen molar-refractivity contribution in [2.75, 3.05) is 31.3 Å². The normalized spacial score (nSPS) is 11.5. The smallest absolute Gasteiger partial charge is 0.241 e. The summed E-state index contributed by atoms with van der Waals surface area (Å²) in [5.74, 6) is 0.195. The van der Waals surface area contributed by atoms with Crippen LogP contribution in [0.15, 0.2) is 66.7 Å². The predicted molar refractivity (Wildman–Crippen MR) is 116 cm³/mol. The van der Waals surface area contributed by atoms with Crippen LogP contribution in [0, 0.1) is 0 Å². The van der Waals surface area contributed by atoms with Crippen molar-refractivity contribution in [3.63, 3.8) is 0 Å². The summed E-state index contributed by atoms with van der Waals surface area (Å²) in [7, 11) is 3.30. The van der Waals surface area contributed by atoms with Crippen LogP contribution in [0.4, 0.5) is 11.4 Å². The minimum absolute atomic E-state index is 0. The van der Waals surface area contributed by atoms with Crippen LogP contribution < -0.4 is 27.8 Å². The first-order chi connectivity index (χ1) is 14.0. The van der Waals surface area contributed by atoms with Gasteiger partial charge in [-0.1, -0.05) is 48.5 Å². The Bertz CT molecular complexity index is 1020. The zero-order chi connectivity index (χ0) is 20.8. The van der Waals surface area contributed by atoms with Gasteiger partial charge in [-0.05, 0) is 37.6 Å². The van der Waals surface area contributed by atoms with Crippen LogP contribution in [-0.4, -0.2) is 43.5 Å². The van der Waals surface area contributed by atoms with E-state index >= 15 is 0 Å². The molecule has 0 radical (unpaired) electrons. The Morgan fingerprint density at radius 1 is 0.933 bits per heavy atom. The first kappa shape index (κ1) is 23.2. The number of nitrogens with one attached hydrogen (secondary N) is 2. The number of fused-ring (bicyclic) bond motifs is 1. The molecular formula is C23H25ClN3O3-. The maximum Gasteiger partial charge on any atom is 0.241 e. The fraction of sp³-hybridized carbons (Fsp3) is 0.217. The number of ether oxygens (including phenoxy) is 1. The zero-order valence-electron chi connectivity index (χ0n) is 17.2. The van der Waals surface area contributed by atoms with Gasteiger partial charge < -0.3 is 27.8 Å². The lowest BCUT2D eigenvalue weighted by molar-refractivity contribution is -0.122. The summed E-state index contributed by atoms with van der Waals surface area (Å²) in [6.45, 7) is 1.85. The van der Waals surface area contributed by atoms with Gasteiger partial charge in [0, 0.05) is 11.1 Å². The Kier molecular flexibility index (Phi) is 8.21. The second-order valence-corrected chi connectivity index (χ2v) is 6.86. The molecule has 1 atom stereocenters. The first-order valence-electron chi connectivity index (χ1n) is 9.41. The largest absolute Gasteiger partial charge is 1.00 e. The van der Waals surface area contributed by atoms with E-state index in [-0.39, 0.29) is 30.8 Å². The number of amides is 2. The Morgan fingerprint density at radius 3 is 2.33 bits per heavy atom. The number of likely N-dealkylation sites (N-methyl/N-ethyl adjacent to an activating group) is 1. The van der Waals surface area contributed by atoms with E-state index in [0.29, 0.717) is 11.4 Å². The van der Waals surface area contributed by atoms with Crippen molar-refractivity contribution in [1.82, 2.24) is 4.90 Å². The molecule has 3 aromatic carbocycles. The number of nitrogens with zero attached hydrogens (tertiary/aromatic N) is 1. The minimum Gasteiger partial charge on any atom is -1.00 e. The molecule has 2 amide bonds. The Hall–Kier alpha value is -3.09. The number of para-hydroxylation sites is 2. The van der Waals surface area contributed by atoms with Gasteiger partial charge >= 0.3 is 0 Å². The van der Waals surface area contributed by atoms with Crippen molar-refractivity contribution in [1.29, 1.82) is 0 Å². The molecule has 0 spiro atoms. The van der Waals surface area contributed by atoms with E-state index in [4.69, 9.17) is 4.74 Å².